The number of nitrogens with zero attached hydrogens (tertiary/aromatic N) is 5. The van der Waals surface area contributed by atoms with Crippen molar-refractivity contribution in [2.75, 3.05) is 44.2 Å². The van der Waals surface area contributed by atoms with Crippen molar-refractivity contribution in [2.24, 2.45) is 0 Å². The molecular formula is C25H30FN5O2. The van der Waals surface area contributed by atoms with Gasteiger partial charge in [-0.1, -0.05) is 30.3 Å². The van der Waals surface area contributed by atoms with Crippen molar-refractivity contribution in [1.82, 2.24) is 20.0 Å². The average molecular weight is 452 g/mol. The second kappa shape index (κ2) is 10.1. The highest BCUT2D eigenvalue weighted by Crippen LogP contribution is 2.29. The summed E-state index contributed by atoms with van der Waals surface area (Å²) in [4.78, 5) is 19.5. The van der Waals surface area contributed by atoms with Crippen LogP contribution in [0.1, 0.15) is 31.3 Å². The fraction of sp³-hybridized carbons (Fsp3) is 0.400. The van der Waals surface area contributed by atoms with E-state index in [0.717, 1.165) is 5.56 Å². The van der Waals surface area contributed by atoms with Crippen LogP contribution in [0.15, 0.2) is 52.9 Å². The standard InChI is InChI=1S/C25H30FN5O2/c1-4-29(5-2)25(32)23(19-9-7-6-8-10-19)31-15-13-30(14-16-31)22-12-11-20(17-21(22)26)24-28-27-18(3)33-24/h6-12,17,23H,4-5,13-16H2,1-3H3. The van der Waals surface area contributed by atoms with E-state index in [2.05, 4.69) is 15.1 Å². The van der Waals surface area contributed by atoms with Crippen LogP contribution in [0, 0.1) is 12.7 Å². The van der Waals surface area contributed by atoms with Crippen molar-refractivity contribution in [3.05, 3.63) is 65.8 Å². The highest BCUT2D eigenvalue weighted by Gasteiger charge is 2.33. The Morgan fingerprint density at radius 3 is 2.33 bits per heavy atom. The van der Waals surface area contributed by atoms with Gasteiger partial charge < -0.3 is 14.2 Å². The molecule has 1 atom stereocenters. The molecule has 0 aliphatic carbocycles. The second-order valence-corrected chi connectivity index (χ2v) is 8.14. The Morgan fingerprint density at radius 1 is 1.06 bits per heavy atom. The lowest BCUT2D eigenvalue weighted by Crippen LogP contribution is -2.51. The van der Waals surface area contributed by atoms with E-state index in [4.69, 9.17) is 4.42 Å². The first-order chi connectivity index (χ1) is 16.0. The van der Waals surface area contributed by atoms with Crippen LogP contribution in [0.4, 0.5) is 10.1 Å². The van der Waals surface area contributed by atoms with Crippen LogP contribution in [0.3, 0.4) is 0 Å². The van der Waals surface area contributed by atoms with E-state index in [1.165, 1.54) is 6.07 Å². The molecule has 2 aromatic carbocycles. The number of carbonyl (C=O) groups excluding carboxylic acids is 1. The van der Waals surface area contributed by atoms with Crippen LogP contribution in [-0.2, 0) is 4.79 Å². The zero-order valence-corrected chi connectivity index (χ0v) is 19.4. The zero-order chi connectivity index (χ0) is 23.4. The summed E-state index contributed by atoms with van der Waals surface area (Å²) in [6.45, 7) is 9.65. The van der Waals surface area contributed by atoms with E-state index in [1.54, 1.807) is 19.1 Å². The molecule has 1 unspecified atom stereocenters. The van der Waals surface area contributed by atoms with Gasteiger partial charge >= 0.3 is 0 Å². The van der Waals surface area contributed by atoms with E-state index < -0.39 is 0 Å². The molecule has 8 heteroatoms. The maximum atomic E-state index is 15.0. The van der Waals surface area contributed by atoms with Crippen LogP contribution in [0.25, 0.3) is 11.5 Å². The molecule has 0 saturated carbocycles. The van der Waals surface area contributed by atoms with Crippen LogP contribution < -0.4 is 4.90 Å². The van der Waals surface area contributed by atoms with Gasteiger partial charge in [-0.25, -0.2) is 4.39 Å². The highest BCUT2D eigenvalue weighted by atomic mass is 19.1. The molecule has 1 aliphatic heterocycles. The molecule has 0 bridgehead atoms. The van der Waals surface area contributed by atoms with Crippen molar-refractivity contribution in [2.45, 2.75) is 26.8 Å². The van der Waals surface area contributed by atoms with Crippen molar-refractivity contribution in [1.29, 1.82) is 0 Å². The molecule has 0 N–H and O–H groups in total. The molecule has 2 heterocycles. The SMILES string of the molecule is CCN(CC)C(=O)C(c1ccccc1)N1CCN(c2ccc(-c3nnc(C)o3)cc2F)CC1. The normalized spacial score (nSPS) is 15.5. The van der Waals surface area contributed by atoms with E-state index in [1.807, 2.05) is 54.0 Å². The fourth-order valence-electron chi connectivity index (χ4n) is 4.38. The molecule has 3 aromatic rings. The number of amides is 1. The van der Waals surface area contributed by atoms with Crippen LogP contribution in [-0.4, -0.2) is 65.2 Å². The van der Waals surface area contributed by atoms with Gasteiger partial charge in [0.25, 0.3) is 0 Å². The number of benzene rings is 2. The number of carbonyl (C=O) groups is 1. The monoisotopic (exact) mass is 451 g/mol. The lowest BCUT2D eigenvalue weighted by atomic mass is 10.0. The molecular weight excluding hydrogens is 421 g/mol. The molecule has 0 spiro atoms. The van der Waals surface area contributed by atoms with Crippen molar-refractivity contribution in [3.8, 4) is 11.5 Å². The number of hydrogen-bond donors (Lipinski definition) is 0. The number of likely N-dealkylation sites (N-methyl/N-ethyl adjacent to an activating group) is 1. The quantitative estimate of drug-likeness (QED) is 0.543. The number of aryl methyl sites for hydroxylation is 1. The minimum atomic E-state index is -0.332. The number of hydrogen-bond acceptors (Lipinski definition) is 6. The van der Waals surface area contributed by atoms with Gasteiger partial charge in [0.05, 0.1) is 5.69 Å². The lowest BCUT2D eigenvalue weighted by Gasteiger charge is -2.41. The number of halogens is 1. The van der Waals surface area contributed by atoms with Gasteiger partial charge in [0, 0.05) is 51.8 Å². The Morgan fingerprint density at radius 2 is 1.76 bits per heavy atom. The van der Waals surface area contributed by atoms with Gasteiger partial charge in [-0.2, -0.15) is 0 Å². The summed E-state index contributed by atoms with van der Waals surface area (Å²) in [5.74, 6) is 0.543. The predicted molar refractivity (Wildman–Crippen MR) is 125 cm³/mol. The third-order valence-corrected chi connectivity index (χ3v) is 6.17. The molecule has 1 fully saturated rings. The Balaban J connectivity index is 1.50. The Labute approximate surface area is 193 Å². The number of anilines is 1. The van der Waals surface area contributed by atoms with Gasteiger partial charge in [0.15, 0.2) is 0 Å². The molecule has 0 radical (unpaired) electrons. The van der Waals surface area contributed by atoms with E-state index in [0.29, 0.717) is 62.3 Å². The van der Waals surface area contributed by atoms with Crippen LogP contribution in [0.5, 0.6) is 0 Å². The van der Waals surface area contributed by atoms with Gasteiger partial charge in [-0.05, 0) is 37.6 Å². The first kappa shape index (κ1) is 22.9. The van der Waals surface area contributed by atoms with Crippen molar-refractivity contribution < 1.29 is 13.6 Å². The first-order valence-corrected chi connectivity index (χ1v) is 11.4. The summed E-state index contributed by atoms with van der Waals surface area (Å²) >= 11 is 0. The number of piperazine rings is 1. The molecule has 1 aliphatic rings. The number of aromatic nitrogens is 2. The molecule has 1 saturated heterocycles. The molecule has 1 aromatic heterocycles. The van der Waals surface area contributed by atoms with Gasteiger partial charge in [0.2, 0.25) is 17.7 Å². The lowest BCUT2D eigenvalue weighted by molar-refractivity contribution is -0.137. The summed E-state index contributed by atoms with van der Waals surface area (Å²) in [5, 5.41) is 7.77. The summed E-state index contributed by atoms with van der Waals surface area (Å²) in [6, 6.07) is 14.6. The smallest absolute Gasteiger partial charge is 0.247 e. The van der Waals surface area contributed by atoms with Crippen molar-refractivity contribution in [3.63, 3.8) is 0 Å². The fourth-order valence-corrected chi connectivity index (χ4v) is 4.38. The summed E-state index contributed by atoms with van der Waals surface area (Å²) < 4.78 is 20.4. The Bertz CT molecular complexity index is 1080. The highest BCUT2D eigenvalue weighted by molar-refractivity contribution is 5.83. The third-order valence-electron chi connectivity index (χ3n) is 6.17. The molecule has 33 heavy (non-hydrogen) atoms. The Kier molecular flexibility index (Phi) is 7.03. The largest absolute Gasteiger partial charge is 0.421 e. The minimum absolute atomic E-state index is 0.116. The van der Waals surface area contributed by atoms with E-state index in [9.17, 15) is 9.18 Å². The summed E-state index contributed by atoms with van der Waals surface area (Å²) in [7, 11) is 0. The third kappa shape index (κ3) is 4.90. The topological polar surface area (TPSA) is 65.7 Å². The maximum absolute atomic E-state index is 15.0. The predicted octanol–water partition coefficient (Wildman–Crippen LogP) is 3.92. The summed E-state index contributed by atoms with van der Waals surface area (Å²) in [6.07, 6.45) is 0. The molecule has 4 rings (SSSR count). The number of rotatable bonds is 7. The van der Waals surface area contributed by atoms with E-state index >= 15 is 0 Å². The van der Waals surface area contributed by atoms with Gasteiger partial charge in [0.1, 0.15) is 11.9 Å². The van der Waals surface area contributed by atoms with E-state index in [-0.39, 0.29) is 17.8 Å². The molecule has 1 amide bonds. The van der Waals surface area contributed by atoms with Gasteiger partial charge in [-0.15, -0.1) is 10.2 Å². The maximum Gasteiger partial charge on any atom is 0.247 e. The van der Waals surface area contributed by atoms with Gasteiger partial charge in [-0.3, -0.25) is 9.69 Å². The van der Waals surface area contributed by atoms with Crippen LogP contribution >= 0.6 is 0 Å². The molecule has 7 nitrogen and oxygen atoms in total. The van der Waals surface area contributed by atoms with Crippen LogP contribution in [0.2, 0.25) is 0 Å². The first-order valence-electron chi connectivity index (χ1n) is 11.4. The zero-order valence-electron chi connectivity index (χ0n) is 19.4. The second-order valence-electron chi connectivity index (χ2n) is 8.14. The minimum Gasteiger partial charge on any atom is -0.421 e. The van der Waals surface area contributed by atoms with Crippen molar-refractivity contribution >= 4 is 11.6 Å². The molecule has 174 valence electrons. The average Bonchev–Trinajstić information content (AvgIpc) is 3.28. The summed E-state index contributed by atoms with van der Waals surface area (Å²) in [5.41, 5.74) is 2.10. The Hall–Kier alpha value is -3.26.